The van der Waals surface area contributed by atoms with Gasteiger partial charge in [-0.3, -0.25) is 0 Å². The summed E-state index contributed by atoms with van der Waals surface area (Å²) in [7, 11) is 5.37. The predicted molar refractivity (Wildman–Crippen MR) is 79.9 cm³/mol. The number of hydrogen-bond donors (Lipinski definition) is 1. The van der Waals surface area contributed by atoms with E-state index in [9.17, 15) is 0 Å². The zero-order valence-corrected chi connectivity index (χ0v) is 13.3. The third-order valence-corrected chi connectivity index (χ3v) is 3.93. The Hall–Kier alpha value is -0.690. The Morgan fingerprint density at radius 2 is 2.05 bits per heavy atom. The van der Waals surface area contributed by atoms with Crippen LogP contribution in [0.25, 0.3) is 0 Å². The molecule has 0 aliphatic carbocycles. The summed E-state index contributed by atoms with van der Waals surface area (Å²) < 4.78 is 10.4. The van der Waals surface area contributed by atoms with Crippen molar-refractivity contribution < 1.29 is 9.47 Å². The van der Waals surface area contributed by atoms with Gasteiger partial charge in [0.1, 0.15) is 0 Å². The molecule has 0 spiro atoms. The van der Waals surface area contributed by atoms with E-state index in [1.165, 1.54) is 4.88 Å². The van der Waals surface area contributed by atoms with Crippen LogP contribution in [0.15, 0.2) is 0 Å². The average Bonchev–Trinajstić information content (AvgIpc) is 2.73. The van der Waals surface area contributed by atoms with Crippen LogP contribution in [-0.2, 0) is 22.6 Å². The number of thiazole rings is 1. The van der Waals surface area contributed by atoms with Gasteiger partial charge in [-0.2, -0.15) is 0 Å². The molecular weight excluding hydrogens is 262 g/mol. The Morgan fingerprint density at radius 1 is 1.32 bits per heavy atom. The topological polar surface area (TPSA) is 46.6 Å². The van der Waals surface area contributed by atoms with Gasteiger partial charge in [0, 0.05) is 38.2 Å². The highest BCUT2D eigenvalue weighted by Gasteiger charge is 2.18. The van der Waals surface area contributed by atoms with Gasteiger partial charge in [-0.1, -0.05) is 0 Å². The fourth-order valence-electron chi connectivity index (χ4n) is 1.81. The molecule has 1 aromatic rings. The molecule has 0 saturated carbocycles. The highest BCUT2D eigenvalue weighted by Crippen LogP contribution is 2.28. The van der Waals surface area contributed by atoms with E-state index in [2.05, 4.69) is 24.1 Å². The summed E-state index contributed by atoms with van der Waals surface area (Å²) in [5.41, 5.74) is 1.03. The molecule has 1 rings (SSSR count). The molecule has 5 nitrogen and oxygen atoms in total. The van der Waals surface area contributed by atoms with Crippen LogP contribution in [0, 0.1) is 0 Å². The number of hydrogen-bond acceptors (Lipinski definition) is 6. The maximum atomic E-state index is 5.22. The van der Waals surface area contributed by atoms with Gasteiger partial charge < -0.3 is 19.7 Å². The van der Waals surface area contributed by atoms with E-state index in [1.807, 2.05) is 7.05 Å². The van der Waals surface area contributed by atoms with Gasteiger partial charge in [0.25, 0.3) is 0 Å². The molecule has 1 heterocycles. The lowest BCUT2D eigenvalue weighted by atomic mass is 10.3. The number of nitrogens with one attached hydrogen (secondary N) is 1. The van der Waals surface area contributed by atoms with Crippen LogP contribution in [-0.4, -0.2) is 45.4 Å². The van der Waals surface area contributed by atoms with Crippen LogP contribution >= 0.6 is 11.3 Å². The minimum absolute atomic E-state index is 0.402. The summed E-state index contributed by atoms with van der Waals surface area (Å²) in [4.78, 5) is 8.23. The summed E-state index contributed by atoms with van der Waals surface area (Å²) in [6.45, 7) is 7.29. The van der Waals surface area contributed by atoms with Gasteiger partial charge in [-0.25, -0.2) is 4.98 Å². The molecule has 0 radical (unpaired) electrons. The quantitative estimate of drug-likeness (QED) is 0.751. The summed E-state index contributed by atoms with van der Waals surface area (Å²) >= 11 is 1.73. The third-order valence-electron chi connectivity index (χ3n) is 2.79. The van der Waals surface area contributed by atoms with E-state index in [4.69, 9.17) is 14.5 Å². The molecule has 110 valence electrons. The van der Waals surface area contributed by atoms with E-state index in [-0.39, 0.29) is 0 Å². The maximum absolute atomic E-state index is 5.22. The minimum Gasteiger partial charge on any atom is -0.383 e. The van der Waals surface area contributed by atoms with Crippen LogP contribution < -0.4 is 10.2 Å². The smallest absolute Gasteiger partial charge is 0.186 e. The molecule has 6 heteroatoms. The monoisotopic (exact) mass is 287 g/mol. The molecule has 0 atom stereocenters. The van der Waals surface area contributed by atoms with Crippen LogP contribution in [0.2, 0.25) is 0 Å². The molecule has 0 amide bonds. The molecule has 0 aromatic carbocycles. The number of nitrogens with zero attached hydrogens (tertiary/aromatic N) is 2. The van der Waals surface area contributed by atoms with Crippen LogP contribution in [0.1, 0.15) is 24.4 Å². The first-order valence-electron chi connectivity index (χ1n) is 6.51. The van der Waals surface area contributed by atoms with Crippen molar-refractivity contribution in [2.75, 3.05) is 39.3 Å². The minimum atomic E-state index is 0.402. The number of aromatic nitrogens is 1. The van der Waals surface area contributed by atoms with Crippen molar-refractivity contribution >= 4 is 16.5 Å². The SMILES string of the molecule is CNCc1sc(N(CCOC)C(C)C)nc1COC. The fourth-order valence-corrected chi connectivity index (χ4v) is 3.04. The van der Waals surface area contributed by atoms with Gasteiger partial charge in [-0.05, 0) is 20.9 Å². The van der Waals surface area contributed by atoms with Crippen molar-refractivity contribution in [3.63, 3.8) is 0 Å². The lowest BCUT2D eigenvalue weighted by Crippen LogP contribution is -2.33. The number of methoxy groups -OCH3 is 2. The van der Waals surface area contributed by atoms with Crippen molar-refractivity contribution in [2.24, 2.45) is 0 Å². The second-order valence-corrected chi connectivity index (χ2v) is 5.67. The number of anilines is 1. The zero-order chi connectivity index (χ0) is 14.3. The molecule has 0 saturated heterocycles. The standard InChI is InChI=1S/C13H25N3O2S/c1-10(2)16(6-7-17-4)13-15-11(9-18-5)12(19-13)8-14-3/h10,14H,6-9H2,1-5H3. The normalized spacial score (nSPS) is 11.3. The molecule has 19 heavy (non-hydrogen) atoms. The Balaban J connectivity index is 2.92. The van der Waals surface area contributed by atoms with Crippen molar-refractivity contribution in [2.45, 2.75) is 33.0 Å². The summed E-state index contributed by atoms with van der Waals surface area (Å²) in [6, 6.07) is 0.402. The van der Waals surface area contributed by atoms with E-state index >= 15 is 0 Å². The van der Waals surface area contributed by atoms with Crippen molar-refractivity contribution in [1.29, 1.82) is 0 Å². The molecule has 0 unspecified atom stereocenters. The molecule has 0 fully saturated rings. The first kappa shape index (κ1) is 16.4. The van der Waals surface area contributed by atoms with E-state index in [0.29, 0.717) is 19.3 Å². The Kier molecular flexibility index (Phi) is 7.30. The van der Waals surface area contributed by atoms with Crippen molar-refractivity contribution in [3.05, 3.63) is 10.6 Å². The molecule has 0 bridgehead atoms. The summed E-state index contributed by atoms with van der Waals surface area (Å²) in [5.74, 6) is 0. The van der Waals surface area contributed by atoms with E-state index in [1.54, 1.807) is 25.6 Å². The molecule has 0 aliphatic heterocycles. The lowest BCUT2D eigenvalue weighted by Gasteiger charge is -2.25. The molecular formula is C13H25N3O2S. The Morgan fingerprint density at radius 3 is 2.58 bits per heavy atom. The van der Waals surface area contributed by atoms with Gasteiger partial charge >= 0.3 is 0 Å². The average molecular weight is 287 g/mol. The van der Waals surface area contributed by atoms with Gasteiger partial charge in [0.2, 0.25) is 0 Å². The highest BCUT2D eigenvalue weighted by molar-refractivity contribution is 7.15. The first-order chi connectivity index (χ1) is 9.13. The van der Waals surface area contributed by atoms with Crippen molar-refractivity contribution in [1.82, 2.24) is 10.3 Å². The number of ether oxygens (including phenoxy) is 2. The highest BCUT2D eigenvalue weighted by atomic mass is 32.1. The largest absolute Gasteiger partial charge is 0.383 e. The van der Waals surface area contributed by atoms with Gasteiger partial charge in [-0.15, -0.1) is 11.3 Å². The Bertz CT molecular complexity index is 345. The van der Waals surface area contributed by atoms with E-state index < -0.39 is 0 Å². The van der Waals surface area contributed by atoms with Crippen LogP contribution in [0.3, 0.4) is 0 Å². The molecule has 1 N–H and O–H groups in total. The lowest BCUT2D eigenvalue weighted by molar-refractivity contribution is 0.181. The van der Waals surface area contributed by atoms with Crippen molar-refractivity contribution in [3.8, 4) is 0 Å². The van der Waals surface area contributed by atoms with Crippen LogP contribution in [0.4, 0.5) is 5.13 Å². The second-order valence-electron chi connectivity index (χ2n) is 4.61. The van der Waals surface area contributed by atoms with Gasteiger partial charge in [0.05, 0.1) is 18.9 Å². The van der Waals surface area contributed by atoms with E-state index in [0.717, 1.165) is 23.9 Å². The number of rotatable bonds is 9. The van der Waals surface area contributed by atoms with Crippen LogP contribution in [0.5, 0.6) is 0 Å². The molecule has 1 aromatic heterocycles. The summed E-state index contributed by atoms with van der Waals surface area (Å²) in [5, 5.41) is 4.22. The summed E-state index contributed by atoms with van der Waals surface area (Å²) in [6.07, 6.45) is 0. The zero-order valence-electron chi connectivity index (χ0n) is 12.5. The second kappa shape index (κ2) is 8.47. The Labute approximate surface area is 119 Å². The maximum Gasteiger partial charge on any atom is 0.186 e. The van der Waals surface area contributed by atoms with Gasteiger partial charge in [0.15, 0.2) is 5.13 Å². The fraction of sp³-hybridized carbons (Fsp3) is 0.769. The third kappa shape index (κ3) is 4.72. The molecule has 0 aliphatic rings. The predicted octanol–water partition coefficient (Wildman–Crippen LogP) is 1.87. The first-order valence-corrected chi connectivity index (χ1v) is 7.33.